The van der Waals surface area contributed by atoms with E-state index >= 15 is 0 Å². The van der Waals surface area contributed by atoms with E-state index in [1.165, 1.54) is 11.3 Å². The van der Waals surface area contributed by atoms with E-state index < -0.39 is 10.0 Å². The first-order chi connectivity index (χ1) is 9.13. The molecule has 0 aliphatic rings. The molecule has 0 unspecified atom stereocenters. The summed E-state index contributed by atoms with van der Waals surface area (Å²) >= 11 is 1.42. The number of para-hydroxylation sites is 1. The third-order valence-corrected chi connectivity index (χ3v) is 4.70. The molecule has 0 atom stereocenters. The molecule has 1 aromatic carbocycles. The Morgan fingerprint density at radius 2 is 2.11 bits per heavy atom. The highest BCUT2D eigenvalue weighted by molar-refractivity contribution is 7.89. The molecule has 0 amide bonds. The Bertz CT molecular complexity index is 624. The van der Waals surface area contributed by atoms with Crippen LogP contribution in [0.3, 0.4) is 0 Å². The van der Waals surface area contributed by atoms with Gasteiger partial charge in [0.25, 0.3) is 0 Å². The molecular formula is C12H15N3O2S2. The molecule has 0 aliphatic heterocycles. The molecular weight excluding hydrogens is 282 g/mol. The molecule has 5 nitrogen and oxygen atoms in total. The van der Waals surface area contributed by atoms with E-state index in [4.69, 9.17) is 0 Å². The van der Waals surface area contributed by atoms with Gasteiger partial charge in [0.2, 0.25) is 10.0 Å². The number of hydrogen-bond donors (Lipinski definition) is 2. The van der Waals surface area contributed by atoms with E-state index in [0.29, 0.717) is 12.2 Å². The quantitative estimate of drug-likeness (QED) is 0.856. The molecule has 1 aromatic heterocycles. The topological polar surface area (TPSA) is 71.1 Å². The molecule has 2 N–H and O–H groups in total. The average molecular weight is 297 g/mol. The van der Waals surface area contributed by atoms with Crippen LogP contribution in [0.25, 0.3) is 0 Å². The van der Waals surface area contributed by atoms with E-state index in [1.807, 2.05) is 6.92 Å². The van der Waals surface area contributed by atoms with Crippen molar-refractivity contribution in [2.75, 3.05) is 11.9 Å². The second-order valence-electron chi connectivity index (χ2n) is 3.82. The summed E-state index contributed by atoms with van der Waals surface area (Å²) in [6.07, 6.45) is 1.66. The number of thiazole rings is 1. The molecule has 19 heavy (non-hydrogen) atoms. The van der Waals surface area contributed by atoms with Crippen LogP contribution >= 0.6 is 11.3 Å². The zero-order valence-electron chi connectivity index (χ0n) is 10.5. The predicted molar refractivity (Wildman–Crippen MR) is 76.7 cm³/mol. The van der Waals surface area contributed by atoms with Gasteiger partial charge >= 0.3 is 0 Å². The highest BCUT2D eigenvalue weighted by Crippen LogP contribution is 2.20. The summed E-state index contributed by atoms with van der Waals surface area (Å²) in [5.74, 6) is 0. The first kappa shape index (κ1) is 14.0. The van der Waals surface area contributed by atoms with Crippen LogP contribution in [0.1, 0.15) is 11.8 Å². The van der Waals surface area contributed by atoms with Crippen LogP contribution in [0.5, 0.6) is 0 Å². The van der Waals surface area contributed by atoms with Crippen molar-refractivity contribution < 1.29 is 8.42 Å². The average Bonchev–Trinajstić information content (AvgIpc) is 2.91. The lowest BCUT2D eigenvalue weighted by Crippen LogP contribution is -2.23. The molecule has 0 fully saturated rings. The third kappa shape index (κ3) is 3.52. The van der Waals surface area contributed by atoms with Crippen LogP contribution in [0.15, 0.2) is 40.9 Å². The van der Waals surface area contributed by atoms with Gasteiger partial charge in [0.05, 0.1) is 11.2 Å². The fourth-order valence-corrected chi connectivity index (χ4v) is 3.42. The van der Waals surface area contributed by atoms with E-state index in [9.17, 15) is 8.42 Å². The number of anilines is 1. The molecule has 0 bridgehead atoms. The molecule has 2 aromatic rings. The molecule has 0 saturated carbocycles. The number of nitrogens with one attached hydrogen (secondary N) is 2. The summed E-state index contributed by atoms with van der Waals surface area (Å²) in [5.41, 5.74) is 2.29. The van der Waals surface area contributed by atoms with Gasteiger partial charge in [0.1, 0.15) is 4.90 Å². The number of benzene rings is 1. The Labute approximate surface area is 116 Å². The molecule has 0 aliphatic carbocycles. The van der Waals surface area contributed by atoms with Crippen molar-refractivity contribution in [3.05, 3.63) is 40.8 Å². The zero-order valence-corrected chi connectivity index (χ0v) is 12.1. The van der Waals surface area contributed by atoms with Crippen LogP contribution in [0.2, 0.25) is 0 Å². The van der Waals surface area contributed by atoms with Crippen LogP contribution < -0.4 is 10.0 Å². The van der Waals surface area contributed by atoms with Gasteiger partial charge in [-0.3, -0.25) is 4.98 Å². The summed E-state index contributed by atoms with van der Waals surface area (Å²) in [4.78, 5) is 5.06. The summed E-state index contributed by atoms with van der Waals surface area (Å²) in [7, 11) is -3.52. The van der Waals surface area contributed by atoms with Gasteiger partial charge in [-0.15, -0.1) is 11.3 Å². The van der Waals surface area contributed by atoms with Gasteiger partial charge in [0, 0.05) is 24.2 Å². The highest BCUT2D eigenvalue weighted by atomic mass is 32.2. The molecule has 7 heteroatoms. The maximum absolute atomic E-state index is 12.3. The lowest BCUT2D eigenvalue weighted by atomic mass is 10.3. The maximum Gasteiger partial charge on any atom is 0.242 e. The number of rotatable bonds is 6. The van der Waals surface area contributed by atoms with Crippen LogP contribution in [-0.2, 0) is 16.6 Å². The lowest BCUT2D eigenvalue weighted by molar-refractivity contribution is 0.582. The highest BCUT2D eigenvalue weighted by Gasteiger charge is 2.17. The smallest absolute Gasteiger partial charge is 0.242 e. The van der Waals surface area contributed by atoms with Crippen molar-refractivity contribution >= 4 is 27.0 Å². The SMILES string of the molecule is CCNc1ccccc1S(=O)(=O)NCc1cncs1. The van der Waals surface area contributed by atoms with Crippen LogP contribution in [0.4, 0.5) is 5.69 Å². The van der Waals surface area contributed by atoms with E-state index in [2.05, 4.69) is 15.0 Å². The van der Waals surface area contributed by atoms with Crippen molar-refractivity contribution in [1.29, 1.82) is 0 Å². The molecule has 0 saturated heterocycles. The minimum absolute atomic E-state index is 0.257. The number of hydrogen-bond acceptors (Lipinski definition) is 5. The summed E-state index contributed by atoms with van der Waals surface area (Å²) in [6, 6.07) is 6.86. The first-order valence-corrected chi connectivity index (χ1v) is 8.19. The summed E-state index contributed by atoms with van der Waals surface area (Å²) in [6.45, 7) is 2.85. The third-order valence-electron chi connectivity index (χ3n) is 2.46. The van der Waals surface area contributed by atoms with Gasteiger partial charge in [-0.25, -0.2) is 13.1 Å². The largest absolute Gasteiger partial charge is 0.384 e. The van der Waals surface area contributed by atoms with Crippen molar-refractivity contribution in [3.63, 3.8) is 0 Å². The van der Waals surface area contributed by atoms with E-state index in [1.54, 1.807) is 36.0 Å². The Kier molecular flexibility index (Phi) is 4.52. The molecule has 0 radical (unpaired) electrons. The number of nitrogens with zero attached hydrogens (tertiary/aromatic N) is 1. The van der Waals surface area contributed by atoms with Gasteiger partial charge in [0.15, 0.2) is 0 Å². The van der Waals surface area contributed by atoms with Gasteiger partial charge in [-0.2, -0.15) is 0 Å². The van der Waals surface area contributed by atoms with Crippen molar-refractivity contribution in [1.82, 2.24) is 9.71 Å². The van der Waals surface area contributed by atoms with Gasteiger partial charge in [-0.1, -0.05) is 12.1 Å². The number of sulfonamides is 1. The zero-order chi connectivity index (χ0) is 13.7. The molecule has 102 valence electrons. The monoisotopic (exact) mass is 297 g/mol. The predicted octanol–water partition coefficient (Wildman–Crippen LogP) is 2.05. The maximum atomic E-state index is 12.3. The van der Waals surface area contributed by atoms with Gasteiger partial charge < -0.3 is 5.32 Å². The van der Waals surface area contributed by atoms with E-state index in [-0.39, 0.29) is 11.4 Å². The number of aromatic nitrogens is 1. The summed E-state index contributed by atoms with van der Waals surface area (Å²) in [5, 5.41) is 3.05. The fraction of sp³-hybridized carbons (Fsp3) is 0.250. The molecule has 0 spiro atoms. The second-order valence-corrected chi connectivity index (χ2v) is 6.53. The first-order valence-electron chi connectivity index (χ1n) is 5.83. The fourth-order valence-electron chi connectivity index (χ4n) is 1.61. The second kappa shape index (κ2) is 6.14. The normalized spacial score (nSPS) is 11.4. The minimum atomic E-state index is -3.52. The van der Waals surface area contributed by atoms with Crippen molar-refractivity contribution in [2.45, 2.75) is 18.4 Å². The Morgan fingerprint density at radius 3 is 2.79 bits per heavy atom. The van der Waals surface area contributed by atoms with Crippen LogP contribution in [-0.4, -0.2) is 19.9 Å². The van der Waals surface area contributed by atoms with Crippen molar-refractivity contribution in [3.8, 4) is 0 Å². The van der Waals surface area contributed by atoms with E-state index in [0.717, 1.165) is 4.88 Å². The minimum Gasteiger partial charge on any atom is -0.384 e. The van der Waals surface area contributed by atoms with Crippen molar-refractivity contribution in [2.24, 2.45) is 0 Å². The molecule has 1 heterocycles. The Morgan fingerprint density at radius 1 is 1.32 bits per heavy atom. The standard InChI is InChI=1S/C12H15N3O2S2/c1-2-14-11-5-3-4-6-12(11)19(16,17)15-8-10-7-13-9-18-10/h3-7,9,14-15H,2,8H2,1H3. The van der Waals surface area contributed by atoms with Gasteiger partial charge in [-0.05, 0) is 19.1 Å². The molecule has 2 rings (SSSR count). The Hall–Kier alpha value is -1.44. The summed E-state index contributed by atoms with van der Waals surface area (Å²) < 4.78 is 27.1. The Balaban J connectivity index is 2.19. The van der Waals surface area contributed by atoms with Crippen LogP contribution in [0, 0.1) is 0 Å². The lowest BCUT2D eigenvalue weighted by Gasteiger charge is -2.11.